The second-order valence-corrected chi connectivity index (χ2v) is 20.5. The Hall–Kier alpha value is -5.54. The fourth-order valence-corrected chi connectivity index (χ4v) is 6.21. The van der Waals surface area contributed by atoms with Crippen molar-refractivity contribution in [2.75, 3.05) is 10.6 Å². The van der Waals surface area contributed by atoms with E-state index >= 15 is 0 Å². The predicted molar refractivity (Wildman–Crippen MR) is 250 cm³/mol. The summed E-state index contributed by atoms with van der Waals surface area (Å²) >= 11 is 0. The van der Waals surface area contributed by atoms with Crippen LogP contribution in [-0.2, 0) is 41.1 Å². The SMILES string of the molecule is C=CCc1ccc2c(c1)c(NC(=O)OC(C)(C)C)cn2C(=O)OC(C)(C)C.CC(C)(C)OC(=O)Nc1cn(C(=O)OC(C)(C)C)c2ccc(C/C=C/B3OC(C)(C)C(C)(C)O3)cc12. The van der Waals surface area contributed by atoms with Gasteiger partial charge in [-0.25, -0.2) is 19.2 Å². The molecule has 3 heterocycles. The van der Waals surface area contributed by atoms with Crippen molar-refractivity contribution in [1.29, 1.82) is 0 Å². The molecule has 0 atom stereocenters. The van der Waals surface area contributed by atoms with Crippen LogP contribution in [0.25, 0.3) is 21.8 Å². The van der Waals surface area contributed by atoms with Crippen LogP contribution in [0.5, 0.6) is 0 Å². The van der Waals surface area contributed by atoms with Crippen LogP contribution in [-0.4, -0.2) is 74.2 Å². The lowest BCUT2D eigenvalue weighted by Crippen LogP contribution is -2.41. The summed E-state index contributed by atoms with van der Waals surface area (Å²) in [4.78, 5) is 50.2. The molecular weight excluding hydrogens is 803 g/mol. The van der Waals surface area contributed by atoms with Gasteiger partial charge >= 0.3 is 31.5 Å². The van der Waals surface area contributed by atoms with Crippen molar-refractivity contribution in [3.05, 3.63) is 84.6 Å². The number of allylic oxidation sites excluding steroid dienone is 2. The smallest absolute Gasteiger partial charge is 0.444 e. The molecule has 14 nitrogen and oxygen atoms in total. The van der Waals surface area contributed by atoms with Crippen molar-refractivity contribution in [1.82, 2.24) is 9.13 Å². The largest absolute Gasteiger partial charge is 0.486 e. The van der Waals surface area contributed by atoms with E-state index in [0.717, 1.165) is 16.5 Å². The van der Waals surface area contributed by atoms with E-state index < -0.39 is 65.1 Å². The van der Waals surface area contributed by atoms with Crippen molar-refractivity contribution in [2.45, 2.75) is 157 Å². The number of rotatable bonds is 7. The van der Waals surface area contributed by atoms with E-state index in [1.165, 1.54) is 9.13 Å². The van der Waals surface area contributed by atoms with Gasteiger partial charge in [-0.3, -0.25) is 19.8 Å². The maximum Gasteiger partial charge on any atom is 0.486 e. The number of anilines is 2. The molecule has 0 bridgehead atoms. The van der Waals surface area contributed by atoms with Gasteiger partial charge in [0.1, 0.15) is 22.4 Å². The zero-order valence-electron chi connectivity index (χ0n) is 40.0. The van der Waals surface area contributed by atoms with Crippen LogP contribution < -0.4 is 10.6 Å². The first-order valence-electron chi connectivity index (χ1n) is 21.1. The lowest BCUT2D eigenvalue weighted by molar-refractivity contribution is 0.00578. The van der Waals surface area contributed by atoms with Gasteiger partial charge in [-0.1, -0.05) is 30.3 Å². The monoisotopic (exact) mass is 870 g/mol. The van der Waals surface area contributed by atoms with Crippen molar-refractivity contribution in [3.8, 4) is 0 Å². The van der Waals surface area contributed by atoms with Crippen LogP contribution in [0.2, 0.25) is 0 Å². The lowest BCUT2D eigenvalue weighted by Gasteiger charge is -2.32. The molecule has 0 saturated carbocycles. The molecule has 2 amide bonds. The van der Waals surface area contributed by atoms with Crippen LogP contribution in [0.4, 0.5) is 30.6 Å². The molecule has 1 saturated heterocycles. The first-order valence-corrected chi connectivity index (χ1v) is 21.1. The Morgan fingerprint density at radius 2 is 0.984 bits per heavy atom. The Morgan fingerprint density at radius 3 is 1.33 bits per heavy atom. The average Bonchev–Trinajstić information content (AvgIpc) is 3.69. The number of carbonyl (C=O) groups excluding carboxylic acids is 4. The second kappa shape index (κ2) is 18.7. The van der Waals surface area contributed by atoms with E-state index in [0.29, 0.717) is 40.6 Å². The number of nitrogens with zero attached hydrogens (tertiary/aromatic N) is 2. The Labute approximate surface area is 372 Å². The highest BCUT2D eigenvalue weighted by atomic mass is 16.7. The topological polar surface area (TPSA) is 158 Å². The summed E-state index contributed by atoms with van der Waals surface area (Å²) in [6.45, 7) is 33.4. The highest BCUT2D eigenvalue weighted by Gasteiger charge is 2.50. The highest BCUT2D eigenvalue weighted by Crippen LogP contribution is 2.37. The van der Waals surface area contributed by atoms with E-state index in [1.807, 2.05) is 76.1 Å². The Kier molecular flexibility index (Phi) is 14.8. The summed E-state index contributed by atoms with van der Waals surface area (Å²) in [6, 6.07) is 11.4. The minimum atomic E-state index is -0.662. The van der Waals surface area contributed by atoms with E-state index in [-0.39, 0.29) is 0 Å². The van der Waals surface area contributed by atoms with E-state index in [2.05, 4.69) is 17.2 Å². The molecular formula is C48H67BN4O10. The van der Waals surface area contributed by atoms with Gasteiger partial charge in [-0.2, -0.15) is 0 Å². The highest BCUT2D eigenvalue weighted by molar-refractivity contribution is 6.51. The van der Waals surface area contributed by atoms with Gasteiger partial charge in [0, 0.05) is 23.2 Å². The first-order chi connectivity index (χ1) is 28.8. The molecule has 1 aliphatic heterocycles. The Bertz CT molecular complexity index is 2350. The molecule has 1 fully saturated rings. The normalized spacial score (nSPS) is 15.1. The number of fused-ring (bicyclic) bond motifs is 2. The van der Waals surface area contributed by atoms with Crippen LogP contribution in [0.15, 0.2) is 73.5 Å². The average molecular weight is 871 g/mol. The van der Waals surface area contributed by atoms with Crippen molar-refractivity contribution in [2.24, 2.45) is 0 Å². The standard InChI is InChI=1S/C27H39BN2O6.C21H28N2O4/c1-24(2,3)33-22(31)29-20-17-30(23(32)34-25(4,5)6)21-14-13-18(16-19(20)21)12-11-15-28-35-26(7,8)27(9,10)36-28;1-8-9-14-10-11-17-15(12-14)16(22-18(24)26-20(2,3)4)13-23(17)19(25)27-21(5,6)7/h11,13-17H,12H2,1-10H3,(H,29,31);8,10-13H,1,9H2,2-7H3,(H,22,24)/b15-11+;. The summed E-state index contributed by atoms with van der Waals surface area (Å²) in [7, 11) is -0.420. The molecule has 1 aliphatic rings. The number of hydrogen-bond donors (Lipinski definition) is 2. The Morgan fingerprint density at radius 1 is 0.619 bits per heavy atom. The first kappa shape index (κ1) is 50.1. The number of carbonyl (C=O) groups is 4. The van der Waals surface area contributed by atoms with Gasteiger partial charge in [0.25, 0.3) is 0 Å². The number of ether oxygens (including phenoxy) is 4. The fourth-order valence-electron chi connectivity index (χ4n) is 6.21. The molecule has 0 aliphatic carbocycles. The van der Waals surface area contributed by atoms with Crippen LogP contribution >= 0.6 is 0 Å². The summed E-state index contributed by atoms with van der Waals surface area (Å²) in [5.41, 5.74) is 0.853. The van der Waals surface area contributed by atoms with Crippen molar-refractivity contribution < 1.29 is 47.4 Å². The van der Waals surface area contributed by atoms with E-state index in [9.17, 15) is 19.2 Å². The number of benzene rings is 2. The summed E-state index contributed by atoms with van der Waals surface area (Å²) < 4.78 is 36.6. The van der Waals surface area contributed by atoms with E-state index in [4.69, 9.17) is 28.3 Å². The molecule has 5 rings (SSSR count). The quantitative estimate of drug-likeness (QED) is 0.104. The molecule has 4 aromatic rings. The minimum absolute atomic E-state index is 0.395. The maximum absolute atomic E-state index is 12.9. The van der Waals surface area contributed by atoms with Gasteiger partial charge in [-0.05, 0) is 159 Å². The van der Waals surface area contributed by atoms with Crippen LogP contribution in [0.1, 0.15) is 122 Å². The molecule has 0 spiro atoms. The minimum Gasteiger partial charge on any atom is -0.444 e. The molecule has 2 aromatic carbocycles. The van der Waals surface area contributed by atoms with E-state index in [1.54, 1.807) is 102 Å². The van der Waals surface area contributed by atoms with Crippen molar-refractivity contribution >= 4 is 64.7 Å². The molecule has 63 heavy (non-hydrogen) atoms. The zero-order chi connectivity index (χ0) is 47.5. The maximum atomic E-state index is 12.9. The molecule has 0 unspecified atom stereocenters. The molecule has 15 heteroatoms. The second-order valence-electron chi connectivity index (χ2n) is 20.5. The summed E-state index contributed by atoms with van der Waals surface area (Å²) in [5.74, 6) is 1.91. The molecule has 2 aromatic heterocycles. The fraction of sp³-hybridized carbons (Fsp3) is 0.500. The van der Waals surface area contributed by atoms with Crippen LogP contribution in [0.3, 0.4) is 0 Å². The van der Waals surface area contributed by atoms with Gasteiger partial charge in [0.2, 0.25) is 0 Å². The lowest BCUT2D eigenvalue weighted by atomic mass is 9.89. The molecule has 0 radical (unpaired) electrons. The Balaban J connectivity index is 0.000000288. The van der Waals surface area contributed by atoms with Crippen molar-refractivity contribution in [3.63, 3.8) is 0 Å². The third kappa shape index (κ3) is 14.2. The number of nitrogens with one attached hydrogen (secondary N) is 2. The number of amides is 2. The zero-order valence-corrected chi connectivity index (χ0v) is 40.0. The predicted octanol–water partition coefficient (Wildman–Crippen LogP) is 12.0. The van der Waals surface area contributed by atoms with Gasteiger partial charge in [0.15, 0.2) is 0 Å². The number of aromatic nitrogens is 2. The summed E-state index contributed by atoms with van der Waals surface area (Å²) in [6.07, 6.45) is 5.98. The van der Waals surface area contributed by atoms with Gasteiger partial charge < -0.3 is 28.3 Å². The van der Waals surface area contributed by atoms with Crippen LogP contribution in [0, 0.1) is 0 Å². The summed E-state index contributed by atoms with van der Waals surface area (Å²) in [5, 5.41) is 6.94. The third-order valence-electron chi connectivity index (χ3n) is 9.49. The molecule has 2 N–H and O–H groups in total. The van der Waals surface area contributed by atoms with Gasteiger partial charge in [0.05, 0.1) is 33.6 Å². The van der Waals surface area contributed by atoms with Gasteiger partial charge in [-0.15, -0.1) is 6.58 Å². The molecule has 342 valence electrons. The third-order valence-corrected chi connectivity index (χ3v) is 9.49. The number of hydrogen-bond acceptors (Lipinski definition) is 10.